The summed E-state index contributed by atoms with van der Waals surface area (Å²) in [5, 5.41) is 12.3. The van der Waals surface area contributed by atoms with Gasteiger partial charge in [0.1, 0.15) is 10.7 Å². The van der Waals surface area contributed by atoms with Gasteiger partial charge in [-0.1, -0.05) is 18.5 Å². The smallest absolute Gasteiger partial charge is 0.244 e. The van der Waals surface area contributed by atoms with Crippen LogP contribution in [0.25, 0.3) is 0 Å². The van der Waals surface area contributed by atoms with E-state index in [9.17, 15) is 8.42 Å². The van der Waals surface area contributed by atoms with E-state index in [-0.39, 0.29) is 16.5 Å². The molecule has 0 spiro atoms. The quantitative estimate of drug-likeness (QED) is 0.796. The zero-order valence-electron chi connectivity index (χ0n) is 11.8. The van der Waals surface area contributed by atoms with Gasteiger partial charge in [-0.15, -0.1) is 0 Å². The summed E-state index contributed by atoms with van der Waals surface area (Å²) < 4.78 is 25.7. The number of aliphatic hydroxyl groups is 1. The van der Waals surface area contributed by atoms with Gasteiger partial charge < -0.3 is 10.4 Å². The van der Waals surface area contributed by atoms with Gasteiger partial charge in [0, 0.05) is 25.8 Å². The van der Waals surface area contributed by atoms with Crippen molar-refractivity contribution in [3.05, 3.63) is 17.3 Å². The van der Waals surface area contributed by atoms with Crippen molar-refractivity contribution >= 4 is 27.4 Å². The molecule has 8 heteroatoms. The van der Waals surface area contributed by atoms with Gasteiger partial charge in [-0.2, -0.15) is 4.31 Å². The highest BCUT2D eigenvalue weighted by molar-refractivity contribution is 7.89. The van der Waals surface area contributed by atoms with Crippen LogP contribution in [0.4, 0.5) is 5.82 Å². The van der Waals surface area contributed by atoms with Gasteiger partial charge in [0.25, 0.3) is 0 Å². The Labute approximate surface area is 124 Å². The van der Waals surface area contributed by atoms with Crippen molar-refractivity contribution in [2.24, 2.45) is 0 Å². The number of likely N-dealkylation sites (N-methyl/N-ethyl adjacent to an activating group) is 1. The first kappa shape index (κ1) is 17.2. The molecular weight excluding hydrogens is 302 g/mol. The summed E-state index contributed by atoms with van der Waals surface area (Å²) >= 11 is 6.03. The van der Waals surface area contributed by atoms with Gasteiger partial charge in [0.15, 0.2) is 0 Å². The molecule has 0 amide bonds. The number of halogens is 1. The van der Waals surface area contributed by atoms with E-state index in [0.717, 1.165) is 10.7 Å². The highest BCUT2D eigenvalue weighted by atomic mass is 35.5. The molecule has 0 aliphatic heterocycles. The van der Waals surface area contributed by atoms with Crippen LogP contribution < -0.4 is 5.32 Å². The molecule has 0 aliphatic rings. The third-order valence-corrected chi connectivity index (χ3v) is 5.15. The Kier molecular flexibility index (Phi) is 6.19. The van der Waals surface area contributed by atoms with Crippen LogP contribution in [-0.4, -0.2) is 49.1 Å². The van der Waals surface area contributed by atoms with Crippen LogP contribution >= 0.6 is 11.6 Å². The van der Waals surface area contributed by atoms with Crippen LogP contribution in [0.2, 0.25) is 5.02 Å². The Bertz CT molecular complexity index is 551. The van der Waals surface area contributed by atoms with Gasteiger partial charge in [0.2, 0.25) is 10.0 Å². The first-order valence-corrected chi connectivity index (χ1v) is 8.14. The van der Waals surface area contributed by atoms with E-state index in [0.29, 0.717) is 12.4 Å². The molecule has 0 fully saturated rings. The molecule has 0 radical (unpaired) electrons. The maximum absolute atomic E-state index is 12.3. The summed E-state index contributed by atoms with van der Waals surface area (Å²) in [4.78, 5) is 4.05. The Morgan fingerprint density at radius 3 is 2.70 bits per heavy atom. The van der Waals surface area contributed by atoms with Crippen molar-refractivity contribution in [1.29, 1.82) is 0 Å². The molecule has 1 aromatic heterocycles. The molecule has 1 rings (SSSR count). The standard InChI is InChI=1S/C12H20ClN3O3S/c1-4-5-14-12-11(13)6-10(7-15-12)20(18,19)16(3)9(2)8-17/h6-7,9,17H,4-5,8H2,1-3H3,(H,14,15). The highest BCUT2D eigenvalue weighted by Gasteiger charge is 2.26. The molecule has 1 atom stereocenters. The van der Waals surface area contributed by atoms with Crippen LogP contribution in [0.15, 0.2) is 17.2 Å². The summed E-state index contributed by atoms with van der Waals surface area (Å²) in [5.41, 5.74) is 0. The third-order valence-electron chi connectivity index (χ3n) is 2.92. The second-order valence-electron chi connectivity index (χ2n) is 4.48. The normalized spacial score (nSPS) is 13.5. The summed E-state index contributed by atoms with van der Waals surface area (Å²) in [6.07, 6.45) is 2.18. The average Bonchev–Trinajstić information content (AvgIpc) is 2.44. The molecule has 0 aromatic carbocycles. The molecule has 0 aliphatic carbocycles. The van der Waals surface area contributed by atoms with Gasteiger partial charge in [-0.25, -0.2) is 13.4 Å². The van der Waals surface area contributed by atoms with Crippen LogP contribution in [0.3, 0.4) is 0 Å². The summed E-state index contributed by atoms with van der Waals surface area (Å²) in [5.74, 6) is 0.463. The highest BCUT2D eigenvalue weighted by Crippen LogP contribution is 2.24. The molecule has 114 valence electrons. The average molecular weight is 322 g/mol. The number of hydrogen-bond donors (Lipinski definition) is 2. The second-order valence-corrected chi connectivity index (χ2v) is 6.89. The number of nitrogens with zero attached hydrogens (tertiary/aromatic N) is 2. The molecule has 1 heterocycles. The van der Waals surface area contributed by atoms with Crippen LogP contribution in [0.5, 0.6) is 0 Å². The van der Waals surface area contributed by atoms with Gasteiger partial charge in [-0.3, -0.25) is 0 Å². The number of hydrogen-bond acceptors (Lipinski definition) is 5. The fourth-order valence-electron chi connectivity index (χ4n) is 1.45. The van der Waals surface area contributed by atoms with Crippen molar-refractivity contribution in [1.82, 2.24) is 9.29 Å². The molecule has 20 heavy (non-hydrogen) atoms. The van der Waals surface area contributed by atoms with E-state index in [4.69, 9.17) is 16.7 Å². The van der Waals surface area contributed by atoms with Gasteiger partial charge in [0.05, 0.1) is 11.6 Å². The largest absolute Gasteiger partial charge is 0.395 e. The maximum atomic E-state index is 12.3. The number of rotatable bonds is 7. The molecule has 0 saturated carbocycles. The second kappa shape index (κ2) is 7.21. The minimum Gasteiger partial charge on any atom is -0.395 e. The minimum absolute atomic E-state index is 0.00680. The molecule has 0 saturated heterocycles. The van der Waals surface area contributed by atoms with Crippen molar-refractivity contribution < 1.29 is 13.5 Å². The number of pyridine rings is 1. The van der Waals surface area contributed by atoms with E-state index >= 15 is 0 Å². The van der Waals surface area contributed by atoms with Crippen molar-refractivity contribution in [3.63, 3.8) is 0 Å². The Hall–Kier alpha value is -0.890. The van der Waals surface area contributed by atoms with Crippen molar-refractivity contribution in [2.45, 2.75) is 31.2 Å². The lowest BCUT2D eigenvalue weighted by Crippen LogP contribution is -2.37. The van der Waals surface area contributed by atoms with E-state index < -0.39 is 16.1 Å². The SMILES string of the molecule is CCCNc1ncc(S(=O)(=O)N(C)C(C)CO)cc1Cl. The zero-order chi connectivity index (χ0) is 15.3. The Balaban J connectivity index is 3.05. The summed E-state index contributed by atoms with van der Waals surface area (Å²) in [6.45, 7) is 4.07. The predicted molar refractivity (Wildman–Crippen MR) is 79.5 cm³/mol. The van der Waals surface area contributed by atoms with E-state index in [1.807, 2.05) is 6.92 Å². The molecule has 6 nitrogen and oxygen atoms in total. The zero-order valence-corrected chi connectivity index (χ0v) is 13.4. The number of aromatic nitrogens is 1. The first-order valence-electron chi connectivity index (χ1n) is 6.32. The number of aliphatic hydroxyl groups excluding tert-OH is 1. The number of anilines is 1. The minimum atomic E-state index is -3.71. The summed E-state index contributed by atoms with van der Waals surface area (Å²) in [7, 11) is -2.30. The van der Waals surface area contributed by atoms with Crippen molar-refractivity contribution in [2.75, 3.05) is 25.5 Å². The van der Waals surface area contributed by atoms with Crippen molar-refractivity contribution in [3.8, 4) is 0 Å². The Morgan fingerprint density at radius 2 is 2.20 bits per heavy atom. The van der Waals surface area contributed by atoms with E-state index in [1.54, 1.807) is 6.92 Å². The lowest BCUT2D eigenvalue weighted by molar-refractivity contribution is 0.214. The van der Waals surface area contributed by atoms with E-state index in [2.05, 4.69) is 10.3 Å². The number of nitrogens with one attached hydrogen (secondary N) is 1. The number of sulfonamides is 1. The fourth-order valence-corrected chi connectivity index (χ4v) is 3.08. The topological polar surface area (TPSA) is 82.5 Å². The van der Waals surface area contributed by atoms with Crippen LogP contribution in [-0.2, 0) is 10.0 Å². The molecule has 1 aromatic rings. The molecule has 1 unspecified atom stereocenters. The molecular formula is C12H20ClN3O3S. The monoisotopic (exact) mass is 321 g/mol. The summed E-state index contributed by atoms with van der Waals surface area (Å²) in [6, 6.07) is 0.847. The molecule has 0 bridgehead atoms. The van der Waals surface area contributed by atoms with Crippen LogP contribution in [0, 0.1) is 0 Å². The lowest BCUT2D eigenvalue weighted by atomic mass is 10.4. The Morgan fingerprint density at radius 1 is 1.55 bits per heavy atom. The van der Waals surface area contributed by atoms with Gasteiger partial charge in [-0.05, 0) is 19.4 Å². The van der Waals surface area contributed by atoms with Crippen LogP contribution in [0.1, 0.15) is 20.3 Å². The lowest BCUT2D eigenvalue weighted by Gasteiger charge is -2.22. The fraction of sp³-hybridized carbons (Fsp3) is 0.583. The first-order chi connectivity index (χ1) is 9.34. The third kappa shape index (κ3) is 3.82. The molecule has 2 N–H and O–H groups in total. The van der Waals surface area contributed by atoms with Gasteiger partial charge >= 0.3 is 0 Å². The predicted octanol–water partition coefficient (Wildman–Crippen LogP) is 1.56. The van der Waals surface area contributed by atoms with E-state index in [1.165, 1.54) is 19.3 Å². The maximum Gasteiger partial charge on any atom is 0.244 e.